The zero-order valence-corrected chi connectivity index (χ0v) is 9.33. The Kier molecular flexibility index (Phi) is 3.00. The maximum atomic E-state index is 12.9. The fourth-order valence-electron chi connectivity index (χ4n) is 1.46. The minimum atomic E-state index is -0.355. The second kappa shape index (κ2) is 4.09. The summed E-state index contributed by atoms with van der Waals surface area (Å²) in [5.41, 5.74) is 1.05. The number of halogens is 2. The van der Waals surface area contributed by atoms with Crippen LogP contribution >= 0.6 is 23.4 Å². The number of hydrogen-bond donors (Lipinski definition) is 1. The van der Waals surface area contributed by atoms with Crippen LogP contribution in [0.2, 0.25) is 5.02 Å². The van der Waals surface area contributed by atoms with E-state index in [0.29, 0.717) is 6.04 Å². The summed E-state index contributed by atoms with van der Waals surface area (Å²) in [5.74, 6) is 0.728. The van der Waals surface area contributed by atoms with Crippen LogP contribution in [0.3, 0.4) is 0 Å². The van der Waals surface area contributed by atoms with Crippen molar-refractivity contribution in [3.63, 3.8) is 0 Å². The van der Waals surface area contributed by atoms with Crippen molar-refractivity contribution in [1.29, 1.82) is 0 Å². The van der Waals surface area contributed by atoms with Gasteiger partial charge in [-0.2, -0.15) is 0 Å². The normalized spacial score (nSPS) is 26.8. The predicted octanol–water partition coefficient (Wildman–Crippen LogP) is 3.20. The van der Waals surface area contributed by atoms with E-state index in [1.165, 1.54) is 6.07 Å². The molecule has 14 heavy (non-hydrogen) atoms. The Bertz CT molecular complexity index is 345. The number of hydrogen-bond acceptors (Lipinski definition) is 2. The van der Waals surface area contributed by atoms with Gasteiger partial charge in [-0.15, -0.1) is 11.8 Å². The van der Waals surface area contributed by atoms with Crippen LogP contribution in [0.4, 0.5) is 4.39 Å². The Balaban J connectivity index is 2.20. The maximum Gasteiger partial charge on any atom is 0.141 e. The molecule has 1 aliphatic heterocycles. The number of nitrogens with one attached hydrogen (secondary N) is 1. The molecule has 0 saturated carbocycles. The summed E-state index contributed by atoms with van der Waals surface area (Å²) in [5, 5.41) is 3.85. The van der Waals surface area contributed by atoms with Crippen molar-refractivity contribution in [2.45, 2.75) is 18.3 Å². The fourth-order valence-corrected chi connectivity index (χ4v) is 2.90. The Hall–Kier alpha value is -0.250. The molecule has 1 aromatic carbocycles. The van der Waals surface area contributed by atoms with Crippen molar-refractivity contribution < 1.29 is 4.39 Å². The van der Waals surface area contributed by atoms with Crippen LogP contribution in [-0.2, 0) is 0 Å². The lowest BCUT2D eigenvalue weighted by molar-refractivity contribution is 0.611. The largest absolute Gasteiger partial charge is 0.298 e. The molecule has 1 aromatic rings. The van der Waals surface area contributed by atoms with E-state index in [0.717, 1.165) is 11.3 Å². The molecule has 4 heteroatoms. The lowest BCUT2D eigenvalue weighted by Gasteiger charge is -2.11. The van der Waals surface area contributed by atoms with Gasteiger partial charge in [0.2, 0.25) is 0 Å². The zero-order chi connectivity index (χ0) is 10.1. The van der Waals surface area contributed by atoms with Crippen molar-refractivity contribution in [1.82, 2.24) is 5.32 Å². The molecule has 1 saturated heterocycles. The summed E-state index contributed by atoms with van der Waals surface area (Å²) in [6, 6.07) is 5.40. The van der Waals surface area contributed by atoms with Crippen molar-refractivity contribution >= 4 is 23.4 Å². The number of benzene rings is 1. The third-order valence-corrected chi connectivity index (χ3v) is 3.92. The third kappa shape index (κ3) is 2.05. The Morgan fingerprint density at radius 1 is 1.57 bits per heavy atom. The minimum absolute atomic E-state index is 0.199. The van der Waals surface area contributed by atoms with Gasteiger partial charge in [0.05, 0.1) is 10.4 Å². The first-order chi connectivity index (χ1) is 6.66. The van der Waals surface area contributed by atoms with Crippen molar-refractivity contribution in [3.05, 3.63) is 34.6 Å². The first-order valence-corrected chi connectivity index (χ1v) is 5.92. The van der Waals surface area contributed by atoms with Crippen LogP contribution in [0.5, 0.6) is 0 Å². The smallest absolute Gasteiger partial charge is 0.141 e. The van der Waals surface area contributed by atoms with E-state index >= 15 is 0 Å². The summed E-state index contributed by atoms with van der Waals surface area (Å²) in [6.45, 7) is 2.14. The van der Waals surface area contributed by atoms with Gasteiger partial charge in [-0.05, 0) is 24.6 Å². The molecule has 0 aromatic heterocycles. The highest BCUT2D eigenvalue weighted by Gasteiger charge is 2.22. The molecule has 0 amide bonds. The molecule has 2 atom stereocenters. The van der Waals surface area contributed by atoms with E-state index in [1.807, 2.05) is 11.8 Å². The molecule has 1 aliphatic rings. The molecular formula is C10H11ClFNS. The lowest BCUT2D eigenvalue weighted by atomic mass is 10.2. The molecule has 1 fully saturated rings. The molecule has 1 nitrogen and oxygen atoms in total. The molecule has 2 unspecified atom stereocenters. The van der Waals surface area contributed by atoms with Gasteiger partial charge in [-0.25, -0.2) is 4.39 Å². The SMILES string of the molecule is CC1CSC(c2ccc(F)c(Cl)c2)N1. The summed E-state index contributed by atoms with van der Waals surface area (Å²) in [4.78, 5) is 0. The summed E-state index contributed by atoms with van der Waals surface area (Å²) in [6.07, 6.45) is 0. The quantitative estimate of drug-likeness (QED) is 0.797. The Morgan fingerprint density at radius 3 is 2.93 bits per heavy atom. The van der Waals surface area contributed by atoms with E-state index in [-0.39, 0.29) is 16.2 Å². The average molecular weight is 232 g/mol. The van der Waals surface area contributed by atoms with Crippen LogP contribution in [0.15, 0.2) is 18.2 Å². The first-order valence-electron chi connectivity index (χ1n) is 4.49. The minimum Gasteiger partial charge on any atom is -0.298 e. The standard InChI is InChI=1S/C10H11ClFNS/c1-6-5-14-10(13-6)7-2-3-9(12)8(11)4-7/h2-4,6,10,13H,5H2,1H3. The van der Waals surface area contributed by atoms with Crippen LogP contribution in [0, 0.1) is 5.82 Å². The van der Waals surface area contributed by atoms with Gasteiger partial charge in [0.1, 0.15) is 5.82 Å². The van der Waals surface area contributed by atoms with E-state index in [9.17, 15) is 4.39 Å². The van der Waals surface area contributed by atoms with Crippen LogP contribution in [0.25, 0.3) is 0 Å². The summed E-state index contributed by atoms with van der Waals surface area (Å²) < 4.78 is 12.9. The predicted molar refractivity (Wildman–Crippen MR) is 59.2 cm³/mol. The number of thioether (sulfide) groups is 1. The average Bonchev–Trinajstić information content (AvgIpc) is 2.57. The summed E-state index contributed by atoms with van der Waals surface area (Å²) >= 11 is 7.54. The first kappa shape index (κ1) is 10.3. The van der Waals surface area contributed by atoms with E-state index in [4.69, 9.17) is 11.6 Å². The molecular weight excluding hydrogens is 221 g/mol. The van der Waals surface area contributed by atoms with Gasteiger partial charge in [0.25, 0.3) is 0 Å². The third-order valence-electron chi connectivity index (χ3n) is 2.20. The highest BCUT2D eigenvalue weighted by Crippen LogP contribution is 2.33. The van der Waals surface area contributed by atoms with Gasteiger partial charge < -0.3 is 0 Å². The second-order valence-electron chi connectivity index (χ2n) is 3.45. The van der Waals surface area contributed by atoms with Gasteiger partial charge >= 0.3 is 0 Å². The van der Waals surface area contributed by atoms with E-state index in [2.05, 4.69) is 12.2 Å². The topological polar surface area (TPSA) is 12.0 Å². The van der Waals surface area contributed by atoms with Gasteiger partial charge in [-0.1, -0.05) is 17.7 Å². The van der Waals surface area contributed by atoms with E-state index < -0.39 is 0 Å². The molecule has 0 spiro atoms. The molecule has 76 valence electrons. The highest BCUT2D eigenvalue weighted by atomic mass is 35.5. The molecule has 1 heterocycles. The Labute approximate surface area is 92.0 Å². The monoisotopic (exact) mass is 231 g/mol. The second-order valence-corrected chi connectivity index (χ2v) is 5.00. The van der Waals surface area contributed by atoms with Crippen molar-refractivity contribution in [2.75, 3.05) is 5.75 Å². The molecule has 1 N–H and O–H groups in total. The van der Waals surface area contributed by atoms with Crippen LogP contribution < -0.4 is 5.32 Å². The maximum absolute atomic E-state index is 12.9. The molecule has 0 aliphatic carbocycles. The van der Waals surface area contributed by atoms with Crippen molar-refractivity contribution in [3.8, 4) is 0 Å². The van der Waals surface area contributed by atoms with Crippen LogP contribution in [0.1, 0.15) is 17.9 Å². The summed E-state index contributed by atoms with van der Waals surface area (Å²) in [7, 11) is 0. The molecule has 0 radical (unpaired) electrons. The lowest BCUT2D eigenvalue weighted by Crippen LogP contribution is -2.21. The Morgan fingerprint density at radius 2 is 2.36 bits per heavy atom. The molecule has 2 rings (SSSR count). The fraction of sp³-hybridized carbons (Fsp3) is 0.400. The van der Waals surface area contributed by atoms with Gasteiger partial charge in [0, 0.05) is 11.8 Å². The zero-order valence-electron chi connectivity index (χ0n) is 7.76. The van der Waals surface area contributed by atoms with E-state index in [1.54, 1.807) is 12.1 Å². The highest BCUT2D eigenvalue weighted by molar-refractivity contribution is 7.99. The van der Waals surface area contributed by atoms with Crippen LogP contribution in [-0.4, -0.2) is 11.8 Å². The van der Waals surface area contributed by atoms with Gasteiger partial charge in [-0.3, -0.25) is 5.32 Å². The number of rotatable bonds is 1. The van der Waals surface area contributed by atoms with Crippen molar-refractivity contribution in [2.24, 2.45) is 0 Å². The van der Waals surface area contributed by atoms with Gasteiger partial charge in [0.15, 0.2) is 0 Å². The molecule has 0 bridgehead atoms.